The third-order valence-corrected chi connectivity index (χ3v) is 6.34. The lowest BCUT2D eigenvalue weighted by Crippen LogP contribution is -2.34. The van der Waals surface area contributed by atoms with Gasteiger partial charge in [0.15, 0.2) is 16.6 Å². The first kappa shape index (κ1) is 23.8. The van der Waals surface area contributed by atoms with Crippen LogP contribution < -0.4 is 9.47 Å². The molecule has 10 heteroatoms. The van der Waals surface area contributed by atoms with Crippen LogP contribution in [0.2, 0.25) is 0 Å². The first-order valence-electron chi connectivity index (χ1n) is 9.74. The lowest BCUT2D eigenvalue weighted by Gasteiger charge is -2.22. The van der Waals surface area contributed by atoms with Gasteiger partial charge in [0.25, 0.3) is 5.69 Å². The average molecular weight is 441 g/mol. The smallest absolute Gasteiger partial charge is 0.410 e. The predicted octanol–water partition coefficient (Wildman–Crippen LogP) is 4.02. The zero-order valence-corrected chi connectivity index (χ0v) is 18.6. The summed E-state index contributed by atoms with van der Waals surface area (Å²) in [6.07, 6.45) is 1.96. The molecule has 1 atom stereocenters. The van der Waals surface area contributed by atoms with Gasteiger partial charge in [-0.25, -0.2) is 4.79 Å². The van der Waals surface area contributed by atoms with E-state index in [0.717, 1.165) is 18.6 Å². The molecule has 2 rings (SSSR count). The van der Waals surface area contributed by atoms with Gasteiger partial charge in [0.05, 0.1) is 36.2 Å². The van der Waals surface area contributed by atoms with Crippen LogP contribution in [0.5, 0.6) is 11.5 Å². The van der Waals surface area contributed by atoms with Crippen molar-refractivity contribution in [2.75, 3.05) is 33.1 Å². The summed E-state index contributed by atoms with van der Waals surface area (Å²) >= 11 is 1.32. The van der Waals surface area contributed by atoms with Gasteiger partial charge in [-0.15, -0.1) is 0 Å². The number of unbranched alkanes of at least 4 members (excludes halogenated alkanes) is 1. The summed E-state index contributed by atoms with van der Waals surface area (Å²) in [5, 5.41) is 11.5. The fourth-order valence-electron chi connectivity index (χ4n) is 3.19. The SMILES string of the molecule is CCCCSC(=O)C1(C)CCN(C(=O)OCc2cc(OC)c(OC)cc2[N+](=O)[O-])C1. The third-order valence-electron chi connectivity index (χ3n) is 5.09. The summed E-state index contributed by atoms with van der Waals surface area (Å²) in [5.74, 6) is 1.30. The van der Waals surface area contributed by atoms with E-state index in [1.807, 2.05) is 6.92 Å². The Bertz CT molecular complexity index is 802. The number of nitro benzene ring substituents is 1. The number of hydrogen-bond donors (Lipinski definition) is 0. The van der Waals surface area contributed by atoms with Gasteiger partial charge >= 0.3 is 6.09 Å². The van der Waals surface area contributed by atoms with Gasteiger partial charge in [0.2, 0.25) is 0 Å². The van der Waals surface area contributed by atoms with Crippen molar-refractivity contribution >= 4 is 28.7 Å². The van der Waals surface area contributed by atoms with Crippen molar-refractivity contribution in [2.45, 2.75) is 39.7 Å². The number of carbonyl (C=O) groups excluding carboxylic acids is 2. The van der Waals surface area contributed by atoms with Crippen LogP contribution in [-0.4, -0.2) is 54.1 Å². The summed E-state index contributed by atoms with van der Waals surface area (Å²) in [6.45, 7) is 4.33. The molecule has 0 aliphatic carbocycles. The van der Waals surface area contributed by atoms with E-state index >= 15 is 0 Å². The van der Waals surface area contributed by atoms with Crippen molar-refractivity contribution in [1.82, 2.24) is 4.90 Å². The Kier molecular flexibility index (Phi) is 8.33. The molecule has 1 aromatic carbocycles. The molecule has 166 valence electrons. The molecule has 1 unspecified atom stereocenters. The molecular formula is C20H28N2O7S. The molecule has 30 heavy (non-hydrogen) atoms. The minimum Gasteiger partial charge on any atom is -0.493 e. The van der Waals surface area contributed by atoms with Crippen molar-refractivity contribution in [3.63, 3.8) is 0 Å². The highest BCUT2D eigenvalue weighted by Gasteiger charge is 2.42. The van der Waals surface area contributed by atoms with Crippen LogP contribution in [0.15, 0.2) is 12.1 Å². The fourth-order valence-corrected chi connectivity index (χ4v) is 4.33. The Labute approximate surface area is 180 Å². The molecule has 0 aromatic heterocycles. The topological polar surface area (TPSA) is 108 Å². The third kappa shape index (κ3) is 5.56. The number of ether oxygens (including phenoxy) is 3. The van der Waals surface area contributed by atoms with Crippen LogP contribution >= 0.6 is 11.8 Å². The minimum atomic E-state index is -0.604. The van der Waals surface area contributed by atoms with Crippen LogP contribution in [0, 0.1) is 15.5 Å². The number of hydrogen-bond acceptors (Lipinski definition) is 8. The van der Waals surface area contributed by atoms with Crippen LogP contribution in [0.4, 0.5) is 10.5 Å². The number of likely N-dealkylation sites (tertiary alicyclic amines) is 1. The van der Waals surface area contributed by atoms with E-state index in [1.165, 1.54) is 43.0 Å². The van der Waals surface area contributed by atoms with Crippen molar-refractivity contribution in [1.29, 1.82) is 0 Å². The Morgan fingerprint density at radius 3 is 2.53 bits per heavy atom. The molecule has 1 saturated heterocycles. The molecule has 1 fully saturated rings. The molecule has 1 aliphatic rings. The van der Waals surface area contributed by atoms with E-state index in [9.17, 15) is 19.7 Å². The first-order chi connectivity index (χ1) is 14.3. The van der Waals surface area contributed by atoms with Gasteiger partial charge in [0, 0.05) is 18.8 Å². The van der Waals surface area contributed by atoms with E-state index in [0.29, 0.717) is 18.7 Å². The molecule has 0 radical (unpaired) electrons. The van der Waals surface area contributed by atoms with E-state index < -0.39 is 16.4 Å². The highest BCUT2D eigenvalue weighted by atomic mass is 32.2. The van der Waals surface area contributed by atoms with Gasteiger partial charge in [-0.05, 0) is 25.8 Å². The molecule has 0 N–H and O–H groups in total. The average Bonchev–Trinajstić information content (AvgIpc) is 3.14. The summed E-state index contributed by atoms with van der Waals surface area (Å²) in [5.41, 5.74) is -0.638. The molecule has 1 heterocycles. The van der Waals surface area contributed by atoms with E-state index in [4.69, 9.17) is 14.2 Å². The highest BCUT2D eigenvalue weighted by Crippen LogP contribution is 2.37. The maximum Gasteiger partial charge on any atom is 0.410 e. The quantitative estimate of drug-likeness (QED) is 0.322. The molecule has 0 spiro atoms. The number of rotatable bonds is 9. The van der Waals surface area contributed by atoms with Gasteiger partial charge in [0.1, 0.15) is 6.61 Å². The monoisotopic (exact) mass is 440 g/mol. The Morgan fingerprint density at radius 2 is 1.93 bits per heavy atom. The standard InChI is InChI=1S/C20H28N2O7S/c1-5-6-9-30-18(23)20(2)7-8-21(13-20)19(24)29-12-14-10-16(27-3)17(28-4)11-15(14)22(25)26/h10-11H,5-9,12-13H2,1-4H3. The highest BCUT2D eigenvalue weighted by molar-refractivity contribution is 8.13. The van der Waals surface area contributed by atoms with Crippen molar-refractivity contribution in [3.8, 4) is 11.5 Å². The normalized spacial score (nSPS) is 18.2. The number of nitro groups is 1. The maximum absolute atomic E-state index is 12.5. The number of carbonyl (C=O) groups is 2. The molecule has 1 amide bonds. The van der Waals surface area contributed by atoms with E-state index in [2.05, 4.69) is 6.92 Å². The minimum absolute atomic E-state index is 0.0850. The lowest BCUT2D eigenvalue weighted by atomic mass is 9.92. The van der Waals surface area contributed by atoms with Crippen molar-refractivity contribution in [2.24, 2.45) is 5.41 Å². The van der Waals surface area contributed by atoms with E-state index in [1.54, 1.807) is 0 Å². The molecule has 9 nitrogen and oxygen atoms in total. The van der Waals surface area contributed by atoms with Gasteiger partial charge in [-0.2, -0.15) is 0 Å². The molecule has 0 saturated carbocycles. The number of thioether (sulfide) groups is 1. The Balaban J connectivity index is 2.02. The first-order valence-corrected chi connectivity index (χ1v) is 10.7. The predicted molar refractivity (Wildman–Crippen MR) is 113 cm³/mol. The number of benzene rings is 1. The van der Waals surface area contributed by atoms with Gasteiger partial charge in [-0.3, -0.25) is 14.9 Å². The summed E-state index contributed by atoms with van der Waals surface area (Å²) in [6, 6.07) is 2.66. The number of nitrogens with zero attached hydrogens (tertiary/aromatic N) is 2. The summed E-state index contributed by atoms with van der Waals surface area (Å²) < 4.78 is 15.6. The zero-order chi connectivity index (χ0) is 22.3. The fraction of sp³-hybridized carbons (Fsp3) is 0.600. The maximum atomic E-state index is 12.5. The summed E-state index contributed by atoms with van der Waals surface area (Å²) in [7, 11) is 2.80. The van der Waals surface area contributed by atoms with Gasteiger partial charge < -0.3 is 19.1 Å². The van der Waals surface area contributed by atoms with Crippen LogP contribution in [0.25, 0.3) is 0 Å². The van der Waals surface area contributed by atoms with Crippen molar-refractivity contribution in [3.05, 3.63) is 27.8 Å². The second-order valence-electron chi connectivity index (χ2n) is 7.37. The Hall–Kier alpha value is -2.49. The second kappa shape index (κ2) is 10.5. The zero-order valence-electron chi connectivity index (χ0n) is 17.8. The van der Waals surface area contributed by atoms with Crippen molar-refractivity contribution < 1.29 is 28.7 Å². The lowest BCUT2D eigenvalue weighted by molar-refractivity contribution is -0.385. The largest absolute Gasteiger partial charge is 0.493 e. The molecule has 0 bridgehead atoms. The van der Waals surface area contributed by atoms with Crippen LogP contribution in [0.3, 0.4) is 0 Å². The second-order valence-corrected chi connectivity index (χ2v) is 8.44. The summed E-state index contributed by atoms with van der Waals surface area (Å²) in [4.78, 5) is 37.3. The molecular weight excluding hydrogens is 412 g/mol. The molecule has 1 aliphatic heterocycles. The van der Waals surface area contributed by atoms with Crippen LogP contribution in [0.1, 0.15) is 38.7 Å². The Morgan fingerprint density at radius 1 is 1.27 bits per heavy atom. The van der Waals surface area contributed by atoms with Gasteiger partial charge in [-0.1, -0.05) is 25.1 Å². The number of methoxy groups -OCH3 is 2. The number of amides is 1. The van der Waals surface area contributed by atoms with Crippen LogP contribution in [-0.2, 0) is 16.1 Å². The molecule has 1 aromatic rings. The van der Waals surface area contributed by atoms with E-state index in [-0.39, 0.29) is 35.3 Å².